The van der Waals surface area contributed by atoms with E-state index < -0.39 is 24.3 Å². The molecule has 0 heterocycles. The maximum atomic E-state index is 11.4. The standard InChI is InChI=1S/C19H18O4/c1-13-6-5-9-15(10-13)17(14-7-3-2-4-8-14)11-16(19(22)23)12-18(20)21/h2-11,16H,12H2,1H3,(H,20,21)(H,22,23). The molecule has 2 N–H and O–H groups in total. The van der Waals surface area contributed by atoms with Crippen LogP contribution in [0.4, 0.5) is 0 Å². The Hall–Kier alpha value is -2.88. The molecule has 2 rings (SSSR count). The minimum atomic E-state index is -1.14. The zero-order valence-corrected chi connectivity index (χ0v) is 12.8. The summed E-state index contributed by atoms with van der Waals surface area (Å²) in [4.78, 5) is 22.3. The molecule has 23 heavy (non-hydrogen) atoms. The molecule has 0 amide bonds. The third-order valence-electron chi connectivity index (χ3n) is 3.49. The van der Waals surface area contributed by atoms with E-state index in [1.54, 1.807) is 0 Å². The third kappa shape index (κ3) is 4.54. The molecule has 0 aromatic heterocycles. The van der Waals surface area contributed by atoms with E-state index in [0.717, 1.165) is 22.3 Å². The van der Waals surface area contributed by atoms with Crippen LogP contribution in [-0.4, -0.2) is 22.2 Å². The lowest BCUT2D eigenvalue weighted by Gasteiger charge is -2.13. The van der Waals surface area contributed by atoms with Crippen LogP contribution in [0.1, 0.15) is 23.1 Å². The van der Waals surface area contributed by atoms with E-state index in [9.17, 15) is 14.7 Å². The van der Waals surface area contributed by atoms with Crippen molar-refractivity contribution in [3.63, 3.8) is 0 Å². The van der Waals surface area contributed by atoms with E-state index in [2.05, 4.69) is 0 Å². The second-order valence-corrected chi connectivity index (χ2v) is 5.36. The van der Waals surface area contributed by atoms with Gasteiger partial charge < -0.3 is 10.2 Å². The maximum absolute atomic E-state index is 11.4. The van der Waals surface area contributed by atoms with Crippen LogP contribution in [0.3, 0.4) is 0 Å². The molecule has 0 saturated carbocycles. The molecule has 0 saturated heterocycles. The van der Waals surface area contributed by atoms with Crippen molar-refractivity contribution in [2.45, 2.75) is 13.3 Å². The Morgan fingerprint density at radius 3 is 2.22 bits per heavy atom. The van der Waals surface area contributed by atoms with Crippen LogP contribution in [0.2, 0.25) is 0 Å². The highest BCUT2D eigenvalue weighted by molar-refractivity contribution is 5.86. The average molecular weight is 310 g/mol. The Balaban J connectivity index is 2.55. The quantitative estimate of drug-likeness (QED) is 0.855. The summed E-state index contributed by atoms with van der Waals surface area (Å²) in [6.45, 7) is 1.96. The number of carboxylic acid groups (broad SMARTS) is 2. The van der Waals surface area contributed by atoms with E-state index in [1.165, 1.54) is 6.08 Å². The third-order valence-corrected chi connectivity index (χ3v) is 3.49. The lowest BCUT2D eigenvalue weighted by molar-refractivity contribution is -0.146. The van der Waals surface area contributed by atoms with Crippen molar-refractivity contribution in [2.75, 3.05) is 0 Å². The molecule has 1 atom stereocenters. The smallest absolute Gasteiger partial charge is 0.310 e. The van der Waals surface area contributed by atoms with E-state index in [1.807, 2.05) is 61.5 Å². The average Bonchev–Trinajstić information content (AvgIpc) is 2.51. The van der Waals surface area contributed by atoms with Crippen molar-refractivity contribution >= 4 is 17.5 Å². The summed E-state index contributed by atoms with van der Waals surface area (Å²) in [6.07, 6.45) is 1.08. The second-order valence-electron chi connectivity index (χ2n) is 5.36. The van der Waals surface area contributed by atoms with Gasteiger partial charge in [0, 0.05) is 0 Å². The number of carbonyl (C=O) groups is 2. The summed E-state index contributed by atoms with van der Waals surface area (Å²) in [5.41, 5.74) is 3.50. The van der Waals surface area contributed by atoms with Crippen molar-refractivity contribution in [1.82, 2.24) is 0 Å². The van der Waals surface area contributed by atoms with Gasteiger partial charge in [-0.15, -0.1) is 0 Å². The van der Waals surface area contributed by atoms with Gasteiger partial charge in [-0.25, -0.2) is 0 Å². The van der Waals surface area contributed by atoms with Crippen molar-refractivity contribution in [1.29, 1.82) is 0 Å². The molecule has 4 nitrogen and oxygen atoms in total. The first-order valence-corrected chi connectivity index (χ1v) is 7.26. The van der Waals surface area contributed by atoms with Crippen LogP contribution < -0.4 is 0 Å². The monoisotopic (exact) mass is 310 g/mol. The van der Waals surface area contributed by atoms with Gasteiger partial charge in [-0.05, 0) is 23.6 Å². The van der Waals surface area contributed by atoms with Crippen molar-refractivity contribution in [3.8, 4) is 0 Å². The summed E-state index contributed by atoms with van der Waals surface area (Å²) in [5, 5.41) is 18.2. The Labute approximate surface area is 134 Å². The van der Waals surface area contributed by atoms with Gasteiger partial charge in [-0.1, -0.05) is 66.2 Å². The summed E-state index contributed by atoms with van der Waals surface area (Å²) in [5.74, 6) is -3.36. The normalized spacial score (nSPS) is 12.7. The summed E-state index contributed by atoms with van der Waals surface area (Å²) in [7, 11) is 0. The van der Waals surface area contributed by atoms with Crippen molar-refractivity contribution < 1.29 is 19.8 Å². The fourth-order valence-electron chi connectivity index (χ4n) is 2.40. The Morgan fingerprint density at radius 1 is 1.00 bits per heavy atom. The van der Waals surface area contributed by atoms with Crippen LogP contribution in [-0.2, 0) is 9.59 Å². The van der Waals surface area contributed by atoms with Crippen LogP contribution in [0.15, 0.2) is 60.7 Å². The molecule has 4 heteroatoms. The molecule has 0 aliphatic rings. The van der Waals surface area contributed by atoms with Gasteiger partial charge in [0.15, 0.2) is 0 Å². The van der Waals surface area contributed by atoms with Crippen LogP contribution in [0.25, 0.3) is 5.57 Å². The van der Waals surface area contributed by atoms with Gasteiger partial charge in [0.05, 0.1) is 12.3 Å². The van der Waals surface area contributed by atoms with E-state index in [-0.39, 0.29) is 0 Å². The predicted octanol–water partition coefficient (Wildman–Crippen LogP) is 3.60. The molecule has 0 bridgehead atoms. The minimum absolute atomic E-state index is 0.447. The van der Waals surface area contributed by atoms with Crippen molar-refractivity contribution in [3.05, 3.63) is 77.4 Å². The fraction of sp³-hybridized carbons (Fsp3) is 0.158. The van der Waals surface area contributed by atoms with Crippen LogP contribution >= 0.6 is 0 Å². The van der Waals surface area contributed by atoms with E-state index in [0.29, 0.717) is 0 Å². The molecule has 118 valence electrons. The van der Waals surface area contributed by atoms with Gasteiger partial charge in [0.2, 0.25) is 0 Å². The van der Waals surface area contributed by atoms with E-state index in [4.69, 9.17) is 5.11 Å². The molecule has 1 unspecified atom stereocenters. The largest absolute Gasteiger partial charge is 0.481 e. The van der Waals surface area contributed by atoms with Gasteiger partial charge in [-0.3, -0.25) is 9.59 Å². The summed E-state index contributed by atoms with van der Waals surface area (Å²) < 4.78 is 0. The van der Waals surface area contributed by atoms with Crippen LogP contribution in [0.5, 0.6) is 0 Å². The Morgan fingerprint density at radius 2 is 1.65 bits per heavy atom. The first-order chi connectivity index (χ1) is 11.0. The number of carboxylic acids is 2. The number of hydrogen-bond donors (Lipinski definition) is 2. The molecule has 0 spiro atoms. The highest BCUT2D eigenvalue weighted by Gasteiger charge is 2.20. The summed E-state index contributed by atoms with van der Waals surface area (Å²) in [6, 6.07) is 17.1. The summed E-state index contributed by atoms with van der Waals surface area (Å²) >= 11 is 0. The SMILES string of the molecule is Cc1cccc(C(=CC(CC(=O)O)C(=O)O)c2ccccc2)c1. The first kappa shape index (κ1) is 16.5. The molecule has 0 fully saturated rings. The molecular formula is C19H18O4. The molecule has 0 aliphatic heterocycles. The lowest BCUT2D eigenvalue weighted by atomic mass is 9.92. The number of benzene rings is 2. The highest BCUT2D eigenvalue weighted by atomic mass is 16.4. The number of hydrogen-bond acceptors (Lipinski definition) is 2. The first-order valence-electron chi connectivity index (χ1n) is 7.26. The topological polar surface area (TPSA) is 74.6 Å². The molecule has 2 aromatic carbocycles. The number of aliphatic carboxylic acids is 2. The van der Waals surface area contributed by atoms with Gasteiger partial charge in [0.25, 0.3) is 0 Å². The van der Waals surface area contributed by atoms with Crippen LogP contribution in [0, 0.1) is 12.8 Å². The zero-order valence-electron chi connectivity index (χ0n) is 12.8. The fourth-order valence-corrected chi connectivity index (χ4v) is 2.40. The Bertz CT molecular complexity index is 732. The highest BCUT2D eigenvalue weighted by Crippen LogP contribution is 2.26. The van der Waals surface area contributed by atoms with Gasteiger partial charge in [-0.2, -0.15) is 0 Å². The lowest BCUT2D eigenvalue weighted by Crippen LogP contribution is -2.16. The number of rotatable bonds is 6. The molecule has 2 aromatic rings. The van der Waals surface area contributed by atoms with E-state index >= 15 is 0 Å². The van der Waals surface area contributed by atoms with Gasteiger partial charge in [0.1, 0.15) is 0 Å². The molecular weight excluding hydrogens is 292 g/mol. The maximum Gasteiger partial charge on any atom is 0.310 e. The predicted molar refractivity (Wildman–Crippen MR) is 88.1 cm³/mol. The second kappa shape index (κ2) is 7.40. The Kier molecular flexibility index (Phi) is 5.31. The minimum Gasteiger partial charge on any atom is -0.481 e. The zero-order chi connectivity index (χ0) is 16.8. The van der Waals surface area contributed by atoms with Gasteiger partial charge >= 0.3 is 11.9 Å². The van der Waals surface area contributed by atoms with Crippen molar-refractivity contribution in [2.24, 2.45) is 5.92 Å². The molecule has 0 aliphatic carbocycles. The molecule has 0 radical (unpaired) electrons. The number of aryl methyl sites for hydroxylation is 1.